The number of nitrogens with zero attached hydrogens (tertiary/aromatic N) is 3. The first kappa shape index (κ1) is 16.6. The molecular weight excluding hydrogens is 418 g/mol. The van der Waals surface area contributed by atoms with Crippen molar-refractivity contribution in [2.45, 2.75) is 0 Å². The van der Waals surface area contributed by atoms with Crippen molar-refractivity contribution in [1.29, 1.82) is 0 Å². The zero-order valence-electron chi connectivity index (χ0n) is 13.1. The quantitative estimate of drug-likeness (QED) is 0.228. The second-order valence-corrected chi connectivity index (χ2v) is 7.30. The van der Waals surface area contributed by atoms with Gasteiger partial charge in [0.1, 0.15) is 11.5 Å². The van der Waals surface area contributed by atoms with Crippen LogP contribution in [0.25, 0.3) is 21.5 Å². The second-order valence-electron chi connectivity index (χ2n) is 5.37. The molecule has 0 amide bonds. The van der Waals surface area contributed by atoms with Gasteiger partial charge in [-0.05, 0) is 30.3 Å². The molecule has 0 unspecified atom stereocenters. The second kappa shape index (κ2) is 6.81. The molecule has 4 rings (SSSR count). The topological polar surface area (TPSA) is 81.5 Å². The Labute approximate surface area is 160 Å². The van der Waals surface area contributed by atoms with Gasteiger partial charge >= 0.3 is 0 Å². The third kappa shape index (κ3) is 3.42. The highest BCUT2D eigenvalue weighted by Gasteiger charge is 2.10. The van der Waals surface area contributed by atoms with Crippen molar-refractivity contribution < 1.29 is 9.34 Å². The normalized spacial score (nSPS) is 11.4. The van der Waals surface area contributed by atoms with Crippen molar-refractivity contribution in [1.82, 2.24) is 4.98 Å². The van der Waals surface area contributed by atoms with Crippen LogP contribution in [-0.4, -0.2) is 16.1 Å². The number of halogens is 1. The van der Waals surface area contributed by atoms with Crippen LogP contribution >= 0.6 is 27.3 Å². The summed E-state index contributed by atoms with van der Waals surface area (Å²) in [4.78, 5) is 19.1. The molecule has 0 aliphatic rings. The number of nitro benzene ring substituents is 1. The number of nitro groups is 1. The van der Waals surface area contributed by atoms with Crippen LogP contribution in [0.3, 0.4) is 0 Å². The first-order chi connectivity index (χ1) is 12.6. The summed E-state index contributed by atoms with van der Waals surface area (Å²) in [5.74, 6) is 1.35. The zero-order valence-corrected chi connectivity index (χ0v) is 15.5. The first-order valence-electron chi connectivity index (χ1n) is 7.53. The fraction of sp³-hybridized carbons (Fsp3) is 0. The van der Waals surface area contributed by atoms with E-state index in [2.05, 4.69) is 25.9 Å². The maximum Gasteiger partial charge on any atom is 0.270 e. The fourth-order valence-electron chi connectivity index (χ4n) is 2.38. The largest absolute Gasteiger partial charge is 0.455 e. The minimum absolute atomic E-state index is 0.0434. The molecule has 0 bridgehead atoms. The third-order valence-electron chi connectivity index (χ3n) is 3.63. The van der Waals surface area contributed by atoms with Gasteiger partial charge in [0.25, 0.3) is 5.69 Å². The predicted molar refractivity (Wildman–Crippen MR) is 105 cm³/mol. The van der Waals surface area contributed by atoms with Gasteiger partial charge in [-0.3, -0.25) is 10.1 Å². The third-order valence-corrected chi connectivity index (χ3v) is 5.08. The lowest BCUT2D eigenvalue weighted by atomic mass is 10.2. The molecule has 0 saturated heterocycles. The summed E-state index contributed by atoms with van der Waals surface area (Å²) >= 11 is 4.70. The minimum atomic E-state index is -0.422. The maximum absolute atomic E-state index is 10.8. The van der Waals surface area contributed by atoms with Crippen LogP contribution in [0.5, 0.6) is 0 Å². The van der Waals surface area contributed by atoms with Gasteiger partial charge in [-0.1, -0.05) is 39.4 Å². The molecule has 2 aromatic heterocycles. The molecule has 2 aromatic carbocycles. The smallest absolute Gasteiger partial charge is 0.270 e. The molecule has 6 nitrogen and oxygen atoms in total. The van der Waals surface area contributed by atoms with Crippen LogP contribution in [0.2, 0.25) is 0 Å². The van der Waals surface area contributed by atoms with Gasteiger partial charge in [0.2, 0.25) is 5.13 Å². The number of furan rings is 1. The molecule has 0 spiro atoms. The average Bonchev–Trinajstić information content (AvgIpc) is 3.26. The number of non-ortho nitro benzene ring substituents is 1. The van der Waals surface area contributed by atoms with Crippen molar-refractivity contribution in [3.8, 4) is 11.3 Å². The molecule has 0 aliphatic heterocycles. The van der Waals surface area contributed by atoms with Gasteiger partial charge in [0.05, 0.1) is 21.4 Å². The van der Waals surface area contributed by atoms with Gasteiger partial charge in [-0.2, -0.15) is 0 Å². The molecule has 0 saturated carbocycles. The highest BCUT2D eigenvalue weighted by Crippen LogP contribution is 2.31. The molecule has 0 atom stereocenters. The number of fused-ring (bicyclic) bond motifs is 1. The van der Waals surface area contributed by atoms with E-state index in [0.717, 1.165) is 20.5 Å². The van der Waals surface area contributed by atoms with Gasteiger partial charge in [0, 0.05) is 22.2 Å². The van der Waals surface area contributed by atoms with Crippen molar-refractivity contribution in [3.05, 3.63) is 74.9 Å². The Morgan fingerprint density at radius 1 is 1.15 bits per heavy atom. The highest BCUT2D eigenvalue weighted by atomic mass is 79.9. The highest BCUT2D eigenvalue weighted by molar-refractivity contribution is 9.10. The molecule has 0 fully saturated rings. The summed E-state index contributed by atoms with van der Waals surface area (Å²) < 4.78 is 7.51. The molecule has 0 N–H and O–H groups in total. The van der Waals surface area contributed by atoms with Gasteiger partial charge in [-0.15, -0.1) is 0 Å². The Morgan fingerprint density at radius 2 is 1.96 bits per heavy atom. The minimum Gasteiger partial charge on any atom is -0.455 e. The van der Waals surface area contributed by atoms with E-state index in [1.807, 2.05) is 36.4 Å². The molecule has 0 radical (unpaired) electrons. The van der Waals surface area contributed by atoms with E-state index in [4.69, 9.17) is 4.42 Å². The monoisotopic (exact) mass is 427 g/mol. The summed E-state index contributed by atoms with van der Waals surface area (Å²) in [6.07, 6.45) is 1.59. The lowest BCUT2D eigenvalue weighted by molar-refractivity contribution is -0.384. The molecule has 4 aromatic rings. The number of benzene rings is 2. The van der Waals surface area contributed by atoms with Crippen LogP contribution in [0.1, 0.15) is 5.76 Å². The summed E-state index contributed by atoms with van der Waals surface area (Å²) in [7, 11) is 0. The summed E-state index contributed by atoms with van der Waals surface area (Å²) in [5.41, 5.74) is 1.70. The maximum atomic E-state index is 10.8. The Balaban J connectivity index is 1.57. The molecule has 8 heteroatoms. The van der Waals surface area contributed by atoms with E-state index in [9.17, 15) is 10.1 Å². The zero-order chi connectivity index (χ0) is 18.1. The van der Waals surface area contributed by atoms with Crippen LogP contribution in [0, 0.1) is 10.1 Å². The van der Waals surface area contributed by atoms with Crippen LogP contribution in [0.15, 0.2) is 68.5 Å². The van der Waals surface area contributed by atoms with Crippen LogP contribution in [0.4, 0.5) is 10.8 Å². The first-order valence-corrected chi connectivity index (χ1v) is 9.14. The average molecular weight is 428 g/mol. The summed E-state index contributed by atoms with van der Waals surface area (Å²) in [5, 5.41) is 11.4. The number of rotatable bonds is 4. The summed E-state index contributed by atoms with van der Waals surface area (Å²) in [6.45, 7) is 0. The van der Waals surface area contributed by atoms with Crippen LogP contribution < -0.4 is 0 Å². The lowest BCUT2D eigenvalue weighted by Crippen LogP contribution is -1.85. The number of hydrogen-bond acceptors (Lipinski definition) is 6. The van der Waals surface area contributed by atoms with Crippen molar-refractivity contribution in [2.75, 3.05) is 0 Å². The number of hydrogen-bond donors (Lipinski definition) is 0. The Kier molecular flexibility index (Phi) is 4.36. The van der Waals surface area contributed by atoms with Crippen molar-refractivity contribution >= 4 is 54.5 Å². The molecule has 128 valence electrons. The Morgan fingerprint density at radius 3 is 2.73 bits per heavy atom. The Bertz CT molecular complexity index is 1130. The molecule has 0 aliphatic carbocycles. The predicted octanol–water partition coefficient (Wildman–Crippen LogP) is 5.98. The number of aliphatic imine (C=N–C) groups is 1. The van der Waals surface area contributed by atoms with E-state index in [1.54, 1.807) is 12.3 Å². The molecule has 26 heavy (non-hydrogen) atoms. The van der Waals surface area contributed by atoms with Crippen molar-refractivity contribution in [3.63, 3.8) is 0 Å². The lowest BCUT2D eigenvalue weighted by Gasteiger charge is -1.96. The standard InChI is InChI=1S/C18H10BrN3O3S/c19-12-3-1-11(2-4-12)16-8-6-14(25-16)10-20-18-21-15-7-5-13(22(23)24)9-17(15)26-18/h1-10H. The number of aromatic nitrogens is 1. The van der Waals surface area contributed by atoms with E-state index >= 15 is 0 Å². The number of thiazole rings is 1. The summed E-state index contributed by atoms with van der Waals surface area (Å²) in [6, 6.07) is 16.1. The van der Waals surface area contributed by atoms with Gasteiger partial charge in [0.15, 0.2) is 0 Å². The van der Waals surface area contributed by atoms with Crippen LogP contribution in [-0.2, 0) is 0 Å². The fourth-order valence-corrected chi connectivity index (χ4v) is 3.49. The van der Waals surface area contributed by atoms with E-state index in [1.165, 1.54) is 23.5 Å². The van der Waals surface area contributed by atoms with E-state index in [0.29, 0.717) is 16.4 Å². The van der Waals surface area contributed by atoms with E-state index in [-0.39, 0.29) is 5.69 Å². The van der Waals surface area contributed by atoms with E-state index < -0.39 is 4.92 Å². The SMILES string of the molecule is O=[N+]([O-])c1ccc2nc(N=Cc3ccc(-c4ccc(Br)cc4)o3)sc2c1. The van der Waals surface area contributed by atoms with Gasteiger partial charge in [-0.25, -0.2) is 9.98 Å². The molecular formula is C18H10BrN3O3S. The van der Waals surface area contributed by atoms with Gasteiger partial charge < -0.3 is 4.42 Å². The van der Waals surface area contributed by atoms with Crippen molar-refractivity contribution in [2.24, 2.45) is 4.99 Å². The molecule has 2 heterocycles. The Hall–Kier alpha value is -2.84.